The summed E-state index contributed by atoms with van der Waals surface area (Å²) in [5, 5.41) is 0. The van der Waals surface area contributed by atoms with Gasteiger partial charge in [0.2, 0.25) is 0 Å². The Morgan fingerprint density at radius 1 is 1.41 bits per heavy atom. The fourth-order valence-electron chi connectivity index (χ4n) is 2.60. The second-order valence-corrected chi connectivity index (χ2v) is 5.54. The highest BCUT2D eigenvalue weighted by Gasteiger charge is 2.24. The third kappa shape index (κ3) is 3.81. The van der Waals surface area contributed by atoms with Crippen LogP contribution in [0.3, 0.4) is 0 Å². The Labute approximate surface area is 105 Å². The van der Waals surface area contributed by atoms with E-state index >= 15 is 0 Å². The molecule has 1 aromatic heterocycles. The highest BCUT2D eigenvalue weighted by Crippen LogP contribution is 2.21. The van der Waals surface area contributed by atoms with E-state index < -0.39 is 0 Å². The van der Waals surface area contributed by atoms with Gasteiger partial charge < -0.3 is 0 Å². The Bertz CT molecular complexity index is 321. The summed E-state index contributed by atoms with van der Waals surface area (Å²) >= 11 is 0. The minimum Gasteiger partial charge on any atom is -0.300 e. The van der Waals surface area contributed by atoms with Crippen LogP contribution in [0.2, 0.25) is 0 Å². The molecule has 2 heteroatoms. The molecule has 17 heavy (non-hydrogen) atoms. The molecule has 0 unspecified atom stereocenters. The monoisotopic (exact) mass is 232 g/mol. The quantitative estimate of drug-likeness (QED) is 0.775. The Hall–Kier alpha value is -0.890. The number of hydrogen-bond acceptors (Lipinski definition) is 2. The van der Waals surface area contributed by atoms with Gasteiger partial charge >= 0.3 is 0 Å². The van der Waals surface area contributed by atoms with Crippen LogP contribution in [-0.2, 0) is 6.42 Å². The van der Waals surface area contributed by atoms with Gasteiger partial charge in [-0.25, -0.2) is 0 Å². The van der Waals surface area contributed by atoms with E-state index in [2.05, 4.69) is 35.9 Å². The first-order chi connectivity index (χ1) is 8.25. The lowest BCUT2D eigenvalue weighted by Gasteiger charge is -2.24. The van der Waals surface area contributed by atoms with Crippen LogP contribution in [0.15, 0.2) is 24.4 Å². The van der Waals surface area contributed by atoms with Gasteiger partial charge in [-0.3, -0.25) is 9.88 Å². The van der Waals surface area contributed by atoms with Gasteiger partial charge in [0.05, 0.1) is 0 Å². The maximum absolute atomic E-state index is 4.45. The zero-order valence-electron chi connectivity index (χ0n) is 11.1. The molecule has 0 saturated carbocycles. The first-order valence-corrected chi connectivity index (χ1v) is 6.89. The van der Waals surface area contributed by atoms with Crippen molar-refractivity contribution in [3.8, 4) is 0 Å². The van der Waals surface area contributed by atoms with Crippen LogP contribution in [0.5, 0.6) is 0 Å². The molecule has 0 N–H and O–H groups in total. The minimum atomic E-state index is 0.726. The molecule has 1 aliphatic rings. The predicted molar refractivity (Wildman–Crippen MR) is 72.0 cm³/mol. The maximum atomic E-state index is 4.45. The van der Waals surface area contributed by atoms with Crippen LogP contribution in [0.1, 0.15) is 38.8 Å². The number of rotatable bonds is 5. The second kappa shape index (κ2) is 6.15. The molecular formula is C15H24N2. The Morgan fingerprint density at radius 2 is 2.29 bits per heavy atom. The standard InChI is InChI=1S/C15H24N2/c1-13(2)8-11-17-10-5-7-15(17)12-14-6-3-4-9-16-14/h3-4,6,9,13,15H,5,7-8,10-12H2,1-2H3/t15-/m0/s1. The highest BCUT2D eigenvalue weighted by atomic mass is 15.2. The molecule has 0 aliphatic carbocycles. The predicted octanol–water partition coefficient (Wildman–Crippen LogP) is 3.13. The topological polar surface area (TPSA) is 16.1 Å². The normalized spacial score (nSPS) is 21.2. The van der Waals surface area contributed by atoms with Gasteiger partial charge in [-0.15, -0.1) is 0 Å². The molecule has 0 amide bonds. The lowest BCUT2D eigenvalue weighted by atomic mass is 10.1. The molecule has 0 bridgehead atoms. The van der Waals surface area contributed by atoms with Gasteiger partial charge in [0.1, 0.15) is 0 Å². The first-order valence-electron chi connectivity index (χ1n) is 6.89. The van der Waals surface area contributed by atoms with Crippen molar-refractivity contribution in [2.24, 2.45) is 5.92 Å². The molecule has 1 aromatic rings. The average Bonchev–Trinajstić information content (AvgIpc) is 2.75. The van der Waals surface area contributed by atoms with Crippen molar-refractivity contribution in [3.05, 3.63) is 30.1 Å². The third-order valence-electron chi connectivity index (χ3n) is 3.66. The van der Waals surface area contributed by atoms with Crippen molar-refractivity contribution in [2.45, 2.75) is 45.6 Å². The summed E-state index contributed by atoms with van der Waals surface area (Å²) in [6, 6.07) is 6.97. The van der Waals surface area contributed by atoms with Crippen molar-refractivity contribution >= 4 is 0 Å². The number of hydrogen-bond donors (Lipinski definition) is 0. The number of pyridine rings is 1. The van der Waals surface area contributed by atoms with Crippen LogP contribution in [-0.4, -0.2) is 29.0 Å². The molecule has 1 fully saturated rings. The number of nitrogens with zero attached hydrogens (tertiary/aromatic N) is 2. The van der Waals surface area contributed by atoms with E-state index in [0.29, 0.717) is 0 Å². The van der Waals surface area contributed by atoms with Crippen molar-refractivity contribution in [1.29, 1.82) is 0 Å². The minimum absolute atomic E-state index is 0.726. The van der Waals surface area contributed by atoms with E-state index in [1.807, 2.05) is 12.3 Å². The molecule has 0 radical (unpaired) electrons. The number of aromatic nitrogens is 1. The molecule has 2 nitrogen and oxygen atoms in total. The van der Waals surface area contributed by atoms with E-state index in [-0.39, 0.29) is 0 Å². The fourth-order valence-corrected chi connectivity index (χ4v) is 2.60. The summed E-state index contributed by atoms with van der Waals surface area (Å²) in [7, 11) is 0. The van der Waals surface area contributed by atoms with Crippen LogP contribution in [0.4, 0.5) is 0 Å². The largest absolute Gasteiger partial charge is 0.300 e. The van der Waals surface area contributed by atoms with Crippen LogP contribution in [0, 0.1) is 5.92 Å². The van der Waals surface area contributed by atoms with E-state index in [0.717, 1.165) is 18.4 Å². The summed E-state index contributed by atoms with van der Waals surface area (Å²) in [4.78, 5) is 7.11. The number of likely N-dealkylation sites (tertiary alicyclic amines) is 1. The molecular weight excluding hydrogens is 208 g/mol. The molecule has 1 atom stereocenters. The van der Waals surface area contributed by atoms with Gasteiger partial charge in [-0.05, 0) is 50.4 Å². The molecule has 94 valence electrons. The Kier molecular flexibility index (Phi) is 4.55. The van der Waals surface area contributed by atoms with Crippen molar-refractivity contribution < 1.29 is 0 Å². The van der Waals surface area contributed by atoms with Crippen LogP contribution < -0.4 is 0 Å². The highest BCUT2D eigenvalue weighted by molar-refractivity contribution is 5.06. The van der Waals surface area contributed by atoms with Crippen molar-refractivity contribution in [2.75, 3.05) is 13.1 Å². The summed E-state index contributed by atoms with van der Waals surface area (Å²) < 4.78 is 0. The van der Waals surface area contributed by atoms with Crippen molar-refractivity contribution in [1.82, 2.24) is 9.88 Å². The zero-order chi connectivity index (χ0) is 12.1. The summed E-state index contributed by atoms with van der Waals surface area (Å²) in [5.41, 5.74) is 1.24. The van der Waals surface area contributed by atoms with Gasteiger partial charge in [-0.1, -0.05) is 19.9 Å². The first kappa shape index (κ1) is 12.6. The molecule has 2 rings (SSSR count). The van der Waals surface area contributed by atoms with Crippen molar-refractivity contribution in [3.63, 3.8) is 0 Å². The van der Waals surface area contributed by atoms with Gasteiger partial charge in [0, 0.05) is 24.4 Å². The molecule has 0 aromatic carbocycles. The second-order valence-electron chi connectivity index (χ2n) is 5.54. The van der Waals surface area contributed by atoms with Gasteiger partial charge in [0.15, 0.2) is 0 Å². The Balaban J connectivity index is 1.87. The lowest BCUT2D eigenvalue weighted by Crippen LogP contribution is -2.32. The molecule has 2 heterocycles. The summed E-state index contributed by atoms with van der Waals surface area (Å²) in [5.74, 6) is 0.811. The third-order valence-corrected chi connectivity index (χ3v) is 3.66. The zero-order valence-corrected chi connectivity index (χ0v) is 11.1. The smallest absolute Gasteiger partial charge is 0.0419 e. The van der Waals surface area contributed by atoms with Gasteiger partial charge in [-0.2, -0.15) is 0 Å². The summed E-state index contributed by atoms with van der Waals surface area (Å²) in [6.07, 6.45) is 7.05. The van der Waals surface area contributed by atoms with E-state index in [4.69, 9.17) is 0 Å². The SMILES string of the molecule is CC(C)CCN1CCC[C@H]1Cc1ccccn1. The van der Waals surface area contributed by atoms with Gasteiger partial charge in [0.25, 0.3) is 0 Å². The Morgan fingerprint density at radius 3 is 3.00 bits per heavy atom. The summed E-state index contributed by atoms with van der Waals surface area (Å²) in [6.45, 7) is 7.16. The molecule has 0 spiro atoms. The van der Waals surface area contributed by atoms with E-state index in [1.54, 1.807) is 0 Å². The molecule has 1 aliphatic heterocycles. The maximum Gasteiger partial charge on any atom is 0.0419 e. The van der Waals surface area contributed by atoms with Crippen LogP contribution >= 0.6 is 0 Å². The lowest BCUT2D eigenvalue weighted by molar-refractivity contribution is 0.237. The molecule has 1 saturated heterocycles. The fraction of sp³-hybridized carbons (Fsp3) is 0.667. The average molecular weight is 232 g/mol. The van der Waals surface area contributed by atoms with E-state index in [9.17, 15) is 0 Å². The van der Waals surface area contributed by atoms with E-state index in [1.165, 1.54) is 38.0 Å². The van der Waals surface area contributed by atoms with Crippen LogP contribution in [0.25, 0.3) is 0 Å².